The molecular formula is C22H39N. The Bertz CT molecular complexity index is 510. The van der Waals surface area contributed by atoms with Gasteiger partial charge in [-0.25, -0.2) is 0 Å². The van der Waals surface area contributed by atoms with Gasteiger partial charge in [0.25, 0.3) is 0 Å². The standard InChI is InChI=1S/C22H39N/c1-14(2)19(23)18-16(21(6,7)8)12-15(20(3,4)5)13-17(18)22(9,10)11/h12-14,19H,23H2,1-11H3. The molecule has 0 saturated heterocycles. The molecule has 0 heterocycles. The molecule has 1 rings (SSSR count). The van der Waals surface area contributed by atoms with Crippen LogP contribution >= 0.6 is 0 Å². The number of benzene rings is 1. The van der Waals surface area contributed by atoms with Gasteiger partial charge in [-0.1, -0.05) is 88.3 Å². The summed E-state index contributed by atoms with van der Waals surface area (Å²) in [6.07, 6.45) is 0. The Morgan fingerprint density at radius 1 is 0.696 bits per heavy atom. The predicted molar refractivity (Wildman–Crippen MR) is 104 cm³/mol. The van der Waals surface area contributed by atoms with Crippen molar-refractivity contribution in [2.75, 3.05) is 0 Å². The van der Waals surface area contributed by atoms with Gasteiger partial charge in [-0.05, 0) is 44.4 Å². The maximum atomic E-state index is 6.69. The van der Waals surface area contributed by atoms with Crippen LogP contribution in [0.1, 0.15) is 104 Å². The number of nitrogens with two attached hydrogens (primary N) is 1. The van der Waals surface area contributed by atoms with Gasteiger partial charge in [0.05, 0.1) is 0 Å². The van der Waals surface area contributed by atoms with Gasteiger partial charge < -0.3 is 5.73 Å². The minimum atomic E-state index is 0.0764. The summed E-state index contributed by atoms with van der Waals surface area (Å²) in [6.45, 7) is 25.2. The van der Waals surface area contributed by atoms with Crippen LogP contribution in [0.15, 0.2) is 12.1 Å². The van der Waals surface area contributed by atoms with Crippen LogP contribution in [0.25, 0.3) is 0 Å². The molecule has 0 bridgehead atoms. The van der Waals surface area contributed by atoms with E-state index in [1.807, 2.05) is 0 Å². The predicted octanol–water partition coefficient (Wildman–Crippen LogP) is 6.23. The molecule has 0 aromatic heterocycles. The molecule has 1 atom stereocenters. The highest BCUT2D eigenvalue weighted by molar-refractivity contribution is 5.49. The lowest BCUT2D eigenvalue weighted by Crippen LogP contribution is -2.30. The lowest BCUT2D eigenvalue weighted by Gasteiger charge is -2.36. The number of hydrogen-bond acceptors (Lipinski definition) is 1. The largest absolute Gasteiger partial charge is 0.324 e. The monoisotopic (exact) mass is 317 g/mol. The summed E-state index contributed by atoms with van der Waals surface area (Å²) in [6, 6.07) is 4.90. The van der Waals surface area contributed by atoms with E-state index in [4.69, 9.17) is 5.73 Å². The van der Waals surface area contributed by atoms with E-state index in [0.717, 1.165) is 0 Å². The molecule has 0 amide bonds. The number of rotatable bonds is 2. The van der Waals surface area contributed by atoms with Crippen molar-refractivity contribution in [1.29, 1.82) is 0 Å². The Labute approximate surface area is 145 Å². The summed E-state index contributed by atoms with van der Waals surface area (Å²) in [4.78, 5) is 0. The molecule has 23 heavy (non-hydrogen) atoms. The fraction of sp³-hybridized carbons (Fsp3) is 0.727. The number of hydrogen-bond donors (Lipinski definition) is 1. The molecule has 0 saturated carbocycles. The van der Waals surface area contributed by atoms with E-state index >= 15 is 0 Å². The molecule has 1 heteroatoms. The lowest BCUT2D eigenvalue weighted by atomic mass is 9.70. The first-order valence-corrected chi connectivity index (χ1v) is 9.01. The van der Waals surface area contributed by atoms with E-state index < -0.39 is 0 Å². The molecule has 0 aliphatic carbocycles. The zero-order valence-corrected chi connectivity index (χ0v) is 17.4. The maximum absolute atomic E-state index is 6.69. The summed E-state index contributed by atoms with van der Waals surface area (Å²) < 4.78 is 0. The van der Waals surface area contributed by atoms with E-state index in [0.29, 0.717) is 5.92 Å². The zero-order chi connectivity index (χ0) is 18.4. The highest BCUT2D eigenvalue weighted by Crippen LogP contribution is 2.41. The van der Waals surface area contributed by atoms with E-state index in [1.165, 1.54) is 22.3 Å². The first kappa shape index (κ1) is 20.2. The first-order valence-electron chi connectivity index (χ1n) is 9.01. The quantitative estimate of drug-likeness (QED) is 0.687. The lowest BCUT2D eigenvalue weighted by molar-refractivity contribution is 0.469. The average molecular weight is 318 g/mol. The summed E-state index contributed by atoms with van der Waals surface area (Å²) in [5.74, 6) is 0.428. The van der Waals surface area contributed by atoms with Crippen molar-refractivity contribution in [2.24, 2.45) is 11.7 Å². The van der Waals surface area contributed by atoms with Gasteiger partial charge in [0.15, 0.2) is 0 Å². The van der Waals surface area contributed by atoms with E-state index in [2.05, 4.69) is 88.3 Å². The smallest absolute Gasteiger partial charge is 0.0324 e. The molecule has 0 fully saturated rings. The molecule has 0 aliphatic rings. The van der Waals surface area contributed by atoms with Crippen molar-refractivity contribution in [1.82, 2.24) is 0 Å². The molecule has 0 spiro atoms. The van der Waals surface area contributed by atoms with Crippen molar-refractivity contribution in [3.05, 3.63) is 34.4 Å². The highest BCUT2D eigenvalue weighted by Gasteiger charge is 2.31. The molecule has 1 unspecified atom stereocenters. The Kier molecular flexibility index (Phi) is 5.49. The van der Waals surface area contributed by atoms with Crippen LogP contribution in [0.2, 0.25) is 0 Å². The Morgan fingerprint density at radius 3 is 1.26 bits per heavy atom. The van der Waals surface area contributed by atoms with Crippen molar-refractivity contribution in [2.45, 2.75) is 98.4 Å². The van der Waals surface area contributed by atoms with Crippen LogP contribution in [0.4, 0.5) is 0 Å². The molecule has 2 N–H and O–H groups in total. The molecule has 1 nitrogen and oxygen atoms in total. The normalized spacial score (nSPS) is 15.2. The van der Waals surface area contributed by atoms with Gasteiger partial charge in [-0.2, -0.15) is 0 Å². The van der Waals surface area contributed by atoms with Crippen molar-refractivity contribution in [3.63, 3.8) is 0 Å². The molecule has 132 valence electrons. The SMILES string of the molecule is CC(C)C(N)c1c(C(C)(C)C)cc(C(C)(C)C)cc1C(C)(C)C. The van der Waals surface area contributed by atoms with Gasteiger partial charge in [-0.15, -0.1) is 0 Å². The third-order valence-corrected chi connectivity index (χ3v) is 4.71. The summed E-state index contributed by atoms with van der Waals surface area (Å²) in [7, 11) is 0. The van der Waals surface area contributed by atoms with Gasteiger partial charge in [0.2, 0.25) is 0 Å². The van der Waals surface area contributed by atoms with Crippen molar-refractivity contribution >= 4 is 0 Å². The fourth-order valence-electron chi connectivity index (χ4n) is 3.02. The fourth-order valence-corrected chi connectivity index (χ4v) is 3.02. The van der Waals surface area contributed by atoms with Gasteiger partial charge in [0.1, 0.15) is 0 Å². The molecule has 1 aromatic carbocycles. The third kappa shape index (κ3) is 4.59. The van der Waals surface area contributed by atoms with Crippen LogP contribution in [0, 0.1) is 5.92 Å². The molecule has 0 radical (unpaired) electrons. The second kappa shape index (κ2) is 6.24. The van der Waals surface area contributed by atoms with Crippen LogP contribution in [-0.2, 0) is 16.2 Å². The topological polar surface area (TPSA) is 26.0 Å². The summed E-state index contributed by atoms with van der Waals surface area (Å²) >= 11 is 0. The third-order valence-electron chi connectivity index (χ3n) is 4.71. The second-order valence-corrected chi connectivity index (χ2v) is 10.5. The summed E-state index contributed by atoms with van der Waals surface area (Å²) in [5.41, 5.74) is 12.6. The van der Waals surface area contributed by atoms with Crippen LogP contribution < -0.4 is 5.73 Å². The Hall–Kier alpha value is -0.820. The molecule has 1 aromatic rings. The average Bonchev–Trinajstić information content (AvgIpc) is 2.32. The Morgan fingerprint density at radius 2 is 1.04 bits per heavy atom. The van der Waals surface area contributed by atoms with E-state index in [9.17, 15) is 0 Å². The zero-order valence-electron chi connectivity index (χ0n) is 17.4. The van der Waals surface area contributed by atoms with Gasteiger partial charge in [-0.3, -0.25) is 0 Å². The second-order valence-electron chi connectivity index (χ2n) is 10.5. The first-order chi connectivity index (χ1) is 10.1. The van der Waals surface area contributed by atoms with Gasteiger partial charge in [0, 0.05) is 6.04 Å². The van der Waals surface area contributed by atoms with Crippen molar-refractivity contribution < 1.29 is 0 Å². The molecular weight excluding hydrogens is 278 g/mol. The molecule has 0 aliphatic heterocycles. The van der Waals surface area contributed by atoms with E-state index in [-0.39, 0.29) is 22.3 Å². The minimum Gasteiger partial charge on any atom is -0.324 e. The van der Waals surface area contributed by atoms with Gasteiger partial charge >= 0.3 is 0 Å². The van der Waals surface area contributed by atoms with Crippen LogP contribution in [0.3, 0.4) is 0 Å². The summed E-state index contributed by atoms with van der Waals surface area (Å²) in [5, 5.41) is 0. The van der Waals surface area contributed by atoms with Crippen LogP contribution in [-0.4, -0.2) is 0 Å². The van der Waals surface area contributed by atoms with Crippen LogP contribution in [0.5, 0.6) is 0 Å². The van der Waals surface area contributed by atoms with E-state index in [1.54, 1.807) is 0 Å². The minimum absolute atomic E-state index is 0.0764. The Balaban J connectivity index is 3.90. The maximum Gasteiger partial charge on any atom is 0.0324 e. The highest BCUT2D eigenvalue weighted by atomic mass is 14.7. The van der Waals surface area contributed by atoms with Crippen molar-refractivity contribution in [3.8, 4) is 0 Å².